The number of halogens is 1. The summed E-state index contributed by atoms with van der Waals surface area (Å²) in [5.74, 6) is -0.118. The van der Waals surface area contributed by atoms with Crippen molar-refractivity contribution in [2.45, 2.75) is 27.7 Å². The second kappa shape index (κ2) is 7.26. The zero-order valence-electron chi connectivity index (χ0n) is 17.2. The van der Waals surface area contributed by atoms with Gasteiger partial charge in [0.15, 0.2) is 11.5 Å². The molecular formula is C24H21ClN2O3. The van der Waals surface area contributed by atoms with Gasteiger partial charge in [0.1, 0.15) is 5.15 Å². The van der Waals surface area contributed by atoms with Gasteiger partial charge in [-0.05, 0) is 58.0 Å². The summed E-state index contributed by atoms with van der Waals surface area (Å²) in [6.07, 6.45) is 0. The number of Topliss-reactive ketones (excluding diaryl/α,β-unsaturated/α-hetero) is 1. The smallest absolute Gasteiger partial charge is 0.316 e. The molecule has 2 aromatic heterocycles. The fourth-order valence-corrected chi connectivity index (χ4v) is 3.44. The van der Waals surface area contributed by atoms with Crippen LogP contribution in [-0.4, -0.2) is 21.7 Å². The highest BCUT2D eigenvalue weighted by Crippen LogP contribution is 2.41. The van der Waals surface area contributed by atoms with Crippen LogP contribution in [0.4, 0.5) is 0 Å². The molecule has 4 aromatic rings. The summed E-state index contributed by atoms with van der Waals surface area (Å²) in [5, 5.41) is 1.84. The number of esters is 1. The van der Waals surface area contributed by atoms with Gasteiger partial charge in [-0.2, -0.15) is 0 Å². The van der Waals surface area contributed by atoms with Crippen LogP contribution in [0.1, 0.15) is 38.1 Å². The first-order valence-electron chi connectivity index (χ1n) is 9.60. The number of para-hydroxylation sites is 1. The Morgan fingerprint density at radius 1 is 1.07 bits per heavy atom. The van der Waals surface area contributed by atoms with E-state index in [2.05, 4.69) is 9.97 Å². The van der Waals surface area contributed by atoms with E-state index < -0.39 is 5.41 Å². The highest BCUT2D eigenvalue weighted by molar-refractivity contribution is 6.32. The Hall–Kier alpha value is -3.18. The molecule has 4 rings (SSSR count). The molecule has 1 N–H and O–H groups in total. The topological polar surface area (TPSA) is 72.1 Å². The molecule has 30 heavy (non-hydrogen) atoms. The van der Waals surface area contributed by atoms with Gasteiger partial charge >= 0.3 is 5.97 Å². The third-order valence-electron chi connectivity index (χ3n) is 4.91. The quantitative estimate of drug-likeness (QED) is 0.243. The lowest BCUT2D eigenvalue weighted by Gasteiger charge is -2.17. The summed E-state index contributed by atoms with van der Waals surface area (Å²) in [4.78, 5) is 32.4. The van der Waals surface area contributed by atoms with Gasteiger partial charge in [-0.15, -0.1) is 0 Å². The average Bonchev–Trinajstić information content (AvgIpc) is 3.04. The van der Waals surface area contributed by atoms with Crippen LogP contribution in [0.2, 0.25) is 5.15 Å². The molecule has 0 aliphatic carbocycles. The molecule has 2 aromatic carbocycles. The van der Waals surface area contributed by atoms with E-state index in [0.29, 0.717) is 33.1 Å². The third kappa shape index (κ3) is 3.57. The summed E-state index contributed by atoms with van der Waals surface area (Å²) in [7, 11) is 0. The number of rotatable bonds is 3. The summed E-state index contributed by atoms with van der Waals surface area (Å²) in [6.45, 7) is 6.86. The lowest BCUT2D eigenvalue weighted by Crippen LogP contribution is -2.25. The van der Waals surface area contributed by atoms with E-state index in [1.807, 2.05) is 30.3 Å². The van der Waals surface area contributed by atoms with Gasteiger partial charge in [-0.25, -0.2) is 4.98 Å². The average molecular weight is 421 g/mol. The first-order valence-corrected chi connectivity index (χ1v) is 9.97. The minimum atomic E-state index is -0.704. The number of hydrogen-bond acceptors (Lipinski definition) is 4. The zero-order valence-corrected chi connectivity index (χ0v) is 17.9. The van der Waals surface area contributed by atoms with Crippen LogP contribution in [0.15, 0.2) is 48.5 Å². The molecule has 0 saturated heterocycles. The summed E-state index contributed by atoms with van der Waals surface area (Å²) in [5.41, 5.74) is 2.50. The van der Waals surface area contributed by atoms with Gasteiger partial charge in [0.25, 0.3) is 0 Å². The van der Waals surface area contributed by atoms with Gasteiger partial charge in [0.05, 0.1) is 16.6 Å². The Labute approximate surface area is 179 Å². The van der Waals surface area contributed by atoms with Crippen molar-refractivity contribution < 1.29 is 14.3 Å². The Balaban J connectivity index is 1.99. The van der Waals surface area contributed by atoms with Crippen molar-refractivity contribution in [1.29, 1.82) is 0 Å². The van der Waals surface area contributed by atoms with Crippen molar-refractivity contribution in [2.75, 3.05) is 0 Å². The van der Waals surface area contributed by atoms with Crippen molar-refractivity contribution in [3.05, 3.63) is 59.2 Å². The van der Waals surface area contributed by atoms with Crippen LogP contribution in [0.5, 0.6) is 5.75 Å². The molecular weight excluding hydrogens is 400 g/mol. The highest BCUT2D eigenvalue weighted by atomic mass is 35.5. The van der Waals surface area contributed by atoms with Gasteiger partial charge < -0.3 is 9.72 Å². The van der Waals surface area contributed by atoms with Gasteiger partial charge in [-0.3, -0.25) is 9.59 Å². The summed E-state index contributed by atoms with van der Waals surface area (Å²) < 4.78 is 5.85. The number of fused-ring (bicyclic) bond motifs is 2. The van der Waals surface area contributed by atoms with Crippen LogP contribution < -0.4 is 4.74 Å². The predicted octanol–water partition coefficient (Wildman–Crippen LogP) is 6.19. The first kappa shape index (κ1) is 20.1. The van der Waals surface area contributed by atoms with Crippen molar-refractivity contribution in [1.82, 2.24) is 9.97 Å². The van der Waals surface area contributed by atoms with Crippen molar-refractivity contribution in [2.24, 2.45) is 5.41 Å². The molecule has 5 nitrogen and oxygen atoms in total. The van der Waals surface area contributed by atoms with E-state index in [0.717, 1.165) is 16.4 Å². The van der Waals surface area contributed by atoms with Gasteiger partial charge in [0.2, 0.25) is 0 Å². The van der Waals surface area contributed by atoms with Gasteiger partial charge in [-0.1, -0.05) is 29.8 Å². The Kier molecular flexibility index (Phi) is 4.86. The Morgan fingerprint density at radius 3 is 2.50 bits per heavy atom. The predicted molar refractivity (Wildman–Crippen MR) is 119 cm³/mol. The Morgan fingerprint density at radius 2 is 1.80 bits per heavy atom. The van der Waals surface area contributed by atoms with Crippen molar-refractivity contribution in [3.63, 3.8) is 0 Å². The summed E-state index contributed by atoms with van der Waals surface area (Å²) in [6, 6.07) is 14.8. The molecule has 2 heterocycles. The van der Waals surface area contributed by atoms with Crippen LogP contribution in [0.25, 0.3) is 33.1 Å². The van der Waals surface area contributed by atoms with Crippen LogP contribution in [-0.2, 0) is 4.79 Å². The fourth-order valence-electron chi connectivity index (χ4n) is 3.20. The number of pyridine rings is 1. The second-order valence-corrected chi connectivity index (χ2v) is 8.66. The molecule has 6 heteroatoms. The zero-order chi connectivity index (χ0) is 21.6. The number of aromatic amines is 1. The maximum atomic E-state index is 12.7. The van der Waals surface area contributed by atoms with Crippen molar-refractivity contribution in [3.8, 4) is 17.0 Å². The molecule has 0 spiro atoms. The number of aromatic nitrogens is 2. The van der Waals surface area contributed by atoms with E-state index >= 15 is 0 Å². The number of carbonyl (C=O) groups is 2. The molecule has 0 bridgehead atoms. The Bertz CT molecular complexity index is 1320. The van der Waals surface area contributed by atoms with E-state index in [1.54, 1.807) is 39.0 Å². The molecule has 0 amide bonds. The number of ketones is 1. The summed E-state index contributed by atoms with van der Waals surface area (Å²) >= 11 is 6.52. The maximum absolute atomic E-state index is 12.7. The first-order chi connectivity index (χ1) is 14.1. The highest BCUT2D eigenvalue weighted by Gasteiger charge is 2.28. The van der Waals surface area contributed by atoms with Crippen LogP contribution in [0, 0.1) is 5.41 Å². The SMILES string of the molecule is CC(=O)c1ccc2[nH]c(-c3cc4ccccc4nc3Cl)c(OC(=O)C(C)(C)C)c2c1. The number of benzene rings is 2. The lowest BCUT2D eigenvalue weighted by atomic mass is 9.97. The number of ether oxygens (including phenoxy) is 1. The molecule has 0 atom stereocenters. The standard InChI is InChI=1S/C24H21ClN2O3/c1-13(28)14-9-10-19-16(11-14)21(30-23(29)24(2,3)4)20(26-19)17-12-15-7-5-6-8-18(15)27-22(17)25/h5-12,26H,1-4H3. The molecule has 0 aliphatic rings. The molecule has 0 fully saturated rings. The molecule has 0 aliphatic heterocycles. The van der Waals surface area contributed by atoms with Crippen LogP contribution >= 0.6 is 11.6 Å². The maximum Gasteiger partial charge on any atom is 0.316 e. The number of nitrogens with one attached hydrogen (secondary N) is 1. The molecule has 152 valence electrons. The number of H-pyrrole nitrogens is 1. The van der Waals surface area contributed by atoms with E-state index in [4.69, 9.17) is 16.3 Å². The van der Waals surface area contributed by atoms with Crippen LogP contribution in [0.3, 0.4) is 0 Å². The monoisotopic (exact) mass is 420 g/mol. The molecule has 0 saturated carbocycles. The second-order valence-electron chi connectivity index (χ2n) is 8.30. The van der Waals surface area contributed by atoms with E-state index in [-0.39, 0.29) is 11.8 Å². The molecule has 0 radical (unpaired) electrons. The largest absolute Gasteiger partial charge is 0.423 e. The van der Waals surface area contributed by atoms with Crippen molar-refractivity contribution >= 4 is 45.2 Å². The minimum absolute atomic E-state index is 0.0712. The normalized spacial score (nSPS) is 11.8. The number of carbonyl (C=O) groups excluding carboxylic acids is 2. The number of hydrogen-bond donors (Lipinski definition) is 1. The fraction of sp³-hybridized carbons (Fsp3) is 0.208. The minimum Gasteiger partial charge on any atom is -0.423 e. The third-order valence-corrected chi connectivity index (χ3v) is 5.20. The van der Waals surface area contributed by atoms with E-state index in [1.165, 1.54) is 6.92 Å². The number of nitrogens with zero attached hydrogens (tertiary/aromatic N) is 1. The lowest BCUT2D eigenvalue weighted by molar-refractivity contribution is -0.142. The van der Waals surface area contributed by atoms with E-state index in [9.17, 15) is 9.59 Å². The molecule has 0 unspecified atom stereocenters. The van der Waals surface area contributed by atoms with Gasteiger partial charge in [0, 0.05) is 27.4 Å².